The maximum Gasteiger partial charge on any atom is 0.227 e. The lowest BCUT2D eigenvalue weighted by Gasteiger charge is -2.32. The second-order valence-corrected chi connectivity index (χ2v) is 9.25. The summed E-state index contributed by atoms with van der Waals surface area (Å²) in [5.41, 5.74) is 4.57. The lowest BCUT2D eigenvalue weighted by Crippen LogP contribution is -2.42. The van der Waals surface area contributed by atoms with Crippen LogP contribution in [0.25, 0.3) is 0 Å². The van der Waals surface area contributed by atoms with Crippen LogP contribution in [0.3, 0.4) is 0 Å². The first-order valence-electron chi connectivity index (χ1n) is 11.8. The standard InChI is InChI=1S/C25H33N5O4/c1-17-23(19(3)33-26-17)12-25(31)30-11-5-6-21(14-30)16-32-22-9-7-20(8-10-22)13-29(4)15-24-18(2)27-34-28-24/h7-10,21H,5-6,11-16H2,1-4H3/t21-/m1/s1. The van der Waals surface area contributed by atoms with E-state index in [2.05, 4.69) is 32.5 Å². The van der Waals surface area contributed by atoms with E-state index in [4.69, 9.17) is 13.9 Å². The number of benzene rings is 1. The molecule has 0 saturated carbocycles. The molecule has 1 atom stereocenters. The first-order chi connectivity index (χ1) is 16.4. The smallest absolute Gasteiger partial charge is 0.227 e. The SMILES string of the molecule is Cc1nonc1CN(C)Cc1ccc(OC[C@@H]2CCCN(C(=O)Cc3c(C)noc3C)C2)cc1. The summed E-state index contributed by atoms with van der Waals surface area (Å²) < 4.78 is 16.0. The Hall–Kier alpha value is -3.20. The van der Waals surface area contributed by atoms with Gasteiger partial charge in [0, 0.05) is 37.7 Å². The summed E-state index contributed by atoms with van der Waals surface area (Å²) in [5, 5.41) is 11.7. The molecule has 2 aromatic heterocycles. The average Bonchev–Trinajstić information content (AvgIpc) is 3.38. The first-order valence-corrected chi connectivity index (χ1v) is 11.8. The number of aromatic nitrogens is 3. The van der Waals surface area contributed by atoms with Gasteiger partial charge in [-0.1, -0.05) is 27.6 Å². The van der Waals surface area contributed by atoms with Crippen molar-refractivity contribution in [1.82, 2.24) is 25.3 Å². The molecule has 182 valence electrons. The van der Waals surface area contributed by atoms with E-state index in [1.807, 2.05) is 44.9 Å². The summed E-state index contributed by atoms with van der Waals surface area (Å²) in [6, 6.07) is 8.19. The normalized spacial score (nSPS) is 16.3. The van der Waals surface area contributed by atoms with Crippen molar-refractivity contribution in [1.29, 1.82) is 0 Å². The molecule has 0 unspecified atom stereocenters. The highest BCUT2D eigenvalue weighted by molar-refractivity contribution is 5.79. The van der Waals surface area contributed by atoms with E-state index >= 15 is 0 Å². The Morgan fingerprint density at radius 1 is 1.12 bits per heavy atom. The van der Waals surface area contributed by atoms with Crippen LogP contribution in [-0.2, 0) is 24.3 Å². The Labute approximate surface area is 200 Å². The summed E-state index contributed by atoms with van der Waals surface area (Å²) in [4.78, 5) is 17.0. The second-order valence-electron chi connectivity index (χ2n) is 9.25. The van der Waals surface area contributed by atoms with Crippen molar-refractivity contribution in [3.63, 3.8) is 0 Å². The topological polar surface area (TPSA) is 97.7 Å². The molecule has 0 N–H and O–H groups in total. The van der Waals surface area contributed by atoms with E-state index in [1.54, 1.807) is 0 Å². The number of ether oxygens (including phenoxy) is 1. The highest BCUT2D eigenvalue weighted by Gasteiger charge is 2.25. The van der Waals surface area contributed by atoms with Crippen molar-refractivity contribution >= 4 is 5.91 Å². The number of piperidine rings is 1. The minimum atomic E-state index is 0.129. The zero-order valence-electron chi connectivity index (χ0n) is 20.4. The highest BCUT2D eigenvalue weighted by Crippen LogP contribution is 2.22. The quantitative estimate of drug-likeness (QED) is 0.472. The number of carbonyl (C=O) groups excluding carboxylic acids is 1. The lowest BCUT2D eigenvalue weighted by molar-refractivity contribution is -0.132. The summed E-state index contributed by atoms with van der Waals surface area (Å²) in [6.45, 7) is 9.22. The van der Waals surface area contributed by atoms with Gasteiger partial charge in [0.05, 0.1) is 18.7 Å². The van der Waals surface area contributed by atoms with Crippen molar-refractivity contribution in [2.45, 2.75) is 53.1 Å². The van der Waals surface area contributed by atoms with E-state index in [-0.39, 0.29) is 5.91 Å². The molecular formula is C25H33N5O4. The van der Waals surface area contributed by atoms with E-state index in [0.717, 1.165) is 66.6 Å². The zero-order chi connectivity index (χ0) is 24.1. The average molecular weight is 468 g/mol. The predicted molar refractivity (Wildman–Crippen MR) is 125 cm³/mol. The predicted octanol–water partition coefficient (Wildman–Crippen LogP) is 3.47. The summed E-state index contributed by atoms with van der Waals surface area (Å²) >= 11 is 0. The Morgan fingerprint density at radius 2 is 1.91 bits per heavy atom. The van der Waals surface area contributed by atoms with Crippen LogP contribution in [-0.4, -0.2) is 57.9 Å². The van der Waals surface area contributed by atoms with E-state index in [9.17, 15) is 4.79 Å². The molecule has 1 aliphatic rings. The number of aryl methyl sites for hydroxylation is 3. The van der Waals surface area contributed by atoms with Crippen LogP contribution >= 0.6 is 0 Å². The van der Waals surface area contributed by atoms with Crippen molar-refractivity contribution in [2.75, 3.05) is 26.7 Å². The minimum absolute atomic E-state index is 0.129. The Morgan fingerprint density at radius 3 is 2.59 bits per heavy atom. The Balaban J connectivity index is 1.23. The number of nitrogens with zero attached hydrogens (tertiary/aromatic N) is 5. The molecule has 1 fully saturated rings. The fraction of sp³-hybridized carbons (Fsp3) is 0.520. The molecule has 1 aromatic carbocycles. The van der Waals surface area contributed by atoms with Crippen molar-refractivity contribution in [3.8, 4) is 5.75 Å². The summed E-state index contributed by atoms with van der Waals surface area (Å²) in [6.07, 6.45) is 2.40. The zero-order valence-corrected chi connectivity index (χ0v) is 20.4. The monoisotopic (exact) mass is 467 g/mol. The summed E-state index contributed by atoms with van der Waals surface area (Å²) in [7, 11) is 2.04. The van der Waals surface area contributed by atoms with Gasteiger partial charge in [-0.05, 0) is 58.4 Å². The van der Waals surface area contributed by atoms with Gasteiger partial charge >= 0.3 is 0 Å². The molecule has 3 aromatic rings. The van der Waals surface area contributed by atoms with Gasteiger partial charge in [-0.3, -0.25) is 9.69 Å². The molecule has 0 aliphatic carbocycles. The molecule has 1 amide bonds. The Kier molecular flexibility index (Phi) is 7.62. The molecule has 34 heavy (non-hydrogen) atoms. The largest absolute Gasteiger partial charge is 0.493 e. The van der Waals surface area contributed by atoms with Gasteiger partial charge in [0.15, 0.2) is 0 Å². The number of amides is 1. The summed E-state index contributed by atoms with van der Waals surface area (Å²) in [5.74, 6) is 2.03. The second kappa shape index (κ2) is 10.8. The number of hydrogen-bond acceptors (Lipinski definition) is 8. The van der Waals surface area contributed by atoms with Gasteiger partial charge in [0.25, 0.3) is 0 Å². The molecule has 3 heterocycles. The molecule has 0 spiro atoms. The van der Waals surface area contributed by atoms with Gasteiger partial charge in [-0.25, -0.2) is 4.63 Å². The van der Waals surface area contributed by atoms with Gasteiger partial charge in [0.2, 0.25) is 5.91 Å². The van der Waals surface area contributed by atoms with Crippen molar-refractivity contribution in [2.24, 2.45) is 5.92 Å². The van der Waals surface area contributed by atoms with Crippen LogP contribution in [0.1, 0.15) is 46.8 Å². The molecule has 0 radical (unpaired) electrons. The van der Waals surface area contributed by atoms with Crippen molar-refractivity contribution in [3.05, 3.63) is 58.2 Å². The van der Waals surface area contributed by atoms with Gasteiger partial charge in [-0.15, -0.1) is 0 Å². The van der Waals surface area contributed by atoms with Crippen LogP contribution in [0.5, 0.6) is 5.75 Å². The lowest BCUT2D eigenvalue weighted by atomic mass is 9.98. The third-order valence-corrected chi connectivity index (χ3v) is 6.41. The molecular weight excluding hydrogens is 434 g/mol. The van der Waals surface area contributed by atoms with E-state index < -0.39 is 0 Å². The van der Waals surface area contributed by atoms with E-state index in [1.165, 1.54) is 5.56 Å². The van der Waals surface area contributed by atoms with Crippen LogP contribution in [0, 0.1) is 26.7 Å². The van der Waals surface area contributed by atoms with Crippen LogP contribution in [0.2, 0.25) is 0 Å². The molecule has 0 bridgehead atoms. The maximum atomic E-state index is 12.8. The number of likely N-dealkylation sites (tertiary alicyclic amines) is 1. The van der Waals surface area contributed by atoms with Crippen LogP contribution in [0.4, 0.5) is 0 Å². The third kappa shape index (κ3) is 6.02. The Bertz CT molecular complexity index is 1070. The van der Waals surface area contributed by atoms with Gasteiger partial charge in [0.1, 0.15) is 22.9 Å². The van der Waals surface area contributed by atoms with Crippen LogP contribution < -0.4 is 4.74 Å². The van der Waals surface area contributed by atoms with Crippen LogP contribution in [0.15, 0.2) is 33.4 Å². The molecule has 9 heteroatoms. The van der Waals surface area contributed by atoms with Crippen molar-refractivity contribution < 1.29 is 18.7 Å². The molecule has 1 aliphatic heterocycles. The molecule has 4 rings (SSSR count). The first kappa shape index (κ1) is 23.9. The highest BCUT2D eigenvalue weighted by atomic mass is 16.6. The van der Waals surface area contributed by atoms with Gasteiger partial charge in [-0.2, -0.15) is 0 Å². The molecule has 1 saturated heterocycles. The third-order valence-electron chi connectivity index (χ3n) is 6.41. The maximum absolute atomic E-state index is 12.8. The fourth-order valence-corrected chi connectivity index (χ4v) is 4.37. The number of carbonyl (C=O) groups is 1. The van der Waals surface area contributed by atoms with E-state index in [0.29, 0.717) is 25.5 Å². The molecule has 9 nitrogen and oxygen atoms in total. The minimum Gasteiger partial charge on any atom is -0.493 e. The van der Waals surface area contributed by atoms with Gasteiger partial charge < -0.3 is 14.2 Å². The number of hydrogen-bond donors (Lipinski definition) is 0. The fourth-order valence-electron chi connectivity index (χ4n) is 4.37. The number of rotatable bonds is 9.